The summed E-state index contributed by atoms with van der Waals surface area (Å²) in [6.45, 7) is 8.80. The number of nitrogens with one attached hydrogen (secondary N) is 4. The molecule has 0 aliphatic carbocycles. The van der Waals surface area contributed by atoms with Gasteiger partial charge < -0.3 is 40.1 Å². The van der Waals surface area contributed by atoms with Crippen molar-refractivity contribution in [2.75, 3.05) is 69.2 Å². The zero-order valence-corrected chi connectivity index (χ0v) is 26.8. The van der Waals surface area contributed by atoms with Crippen molar-refractivity contribution in [1.82, 2.24) is 34.8 Å². The molecule has 1 aliphatic heterocycles. The highest BCUT2D eigenvalue weighted by molar-refractivity contribution is 7.71. The summed E-state index contributed by atoms with van der Waals surface area (Å²) in [7, 11) is 0.896. The van der Waals surface area contributed by atoms with E-state index in [4.69, 9.17) is 25.1 Å². The van der Waals surface area contributed by atoms with E-state index in [-0.39, 0.29) is 0 Å². The van der Waals surface area contributed by atoms with Gasteiger partial charge in [0.2, 0.25) is 11.8 Å². The molecule has 14 heteroatoms. The molecule has 0 radical (unpaired) electrons. The Morgan fingerprint density at radius 1 is 1.04 bits per heavy atom. The number of aromatic amines is 1. The highest BCUT2D eigenvalue weighted by Gasteiger charge is 2.25. The van der Waals surface area contributed by atoms with E-state index >= 15 is 0 Å². The number of allylic oxidation sites excluding steroid dienone is 2. The topological polar surface area (TPSA) is 161 Å². The molecule has 1 aliphatic rings. The minimum absolute atomic E-state index is 0.293. The molecule has 0 atom stereocenters. The van der Waals surface area contributed by atoms with Crippen LogP contribution >= 0.6 is 7.14 Å². The number of H-pyrrole nitrogens is 1. The van der Waals surface area contributed by atoms with Crippen molar-refractivity contribution >= 4 is 75.3 Å². The van der Waals surface area contributed by atoms with Crippen molar-refractivity contribution in [1.29, 1.82) is 5.41 Å². The molecule has 4 aromatic heterocycles. The Kier molecular flexibility index (Phi) is 8.22. The van der Waals surface area contributed by atoms with Crippen LogP contribution in [0.4, 0.5) is 29.0 Å². The summed E-state index contributed by atoms with van der Waals surface area (Å²) in [6.07, 6.45) is 8.25. The average Bonchev–Trinajstić information content (AvgIpc) is 3.51. The van der Waals surface area contributed by atoms with Crippen molar-refractivity contribution in [3.8, 4) is 5.88 Å². The van der Waals surface area contributed by atoms with E-state index in [1.165, 1.54) is 6.21 Å². The molecule has 5 aromatic rings. The summed E-state index contributed by atoms with van der Waals surface area (Å²) in [5.74, 6) is 1.95. The van der Waals surface area contributed by atoms with Gasteiger partial charge in [-0.05, 0) is 57.1 Å². The van der Waals surface area contributed by atoms with Crippen molar-refractivity contribution in [3.63, 3.8) is 0 Å². The van der Waals surface area contributed by atoms with Gasteiger partial charge in [-0.25, -0.2) is 0 Å². The first kappa shape index (κ1) is 30.2. The molecular formula is C31H36N11O2P. The number of hydrogen-bond donors (Lipinski definition) is 4. The highest BCUT2D eigenvalue weighted by atomic mass is 31.2. The molecule has 0 bridgehead atoms. The van der Waals surface area contributed by atoms with Gasteiger partial charge in [0.15, 0.2) is 0 Å². The lowest BCUT2D eigenvalue weighted by atomic mass is 10.1. The molecule has 4 N–H and O–H groups in total. The number of rotatable bonds is 9. The van der Waals surface area contributed by atoms with Gasteiger partial charge in [-0.15, -0.1) is 0 Å². The molecule has 232 valence electrons. The SMILES string of the molecule is C/C=C(\C=N)c1cc(Nc2nc(Nc3ccc4nccnc4c3P(C)(C)=O)c3cc[nH]c3n2)c(OC)nc1N1CCN(C)CC1. The van der Waals surface area contributed by atoms with Crippen LogP contribution in [0.1, 0.15) is 12.5 Å². The number of methoxy groups -OCH3 is 1. The van der Waals surface area contributed by atoms with E-state index in [2.05, 4.69) is 42.4 Å². The molecule has 6 rings (SSSR count). The average molecular weight is 626 g/mol. The second-order valence-electron chi connectivity index (χ2n) is 11.2. The number of fused-ring (bicyclic) bond motifs is 2. The number of pyridine rings is 1. The summed E-state index contributed by atoms with van der Waals surface area (Å²) in [4.78, 5) is 31.1. The van der Waals surface area contributed by atoms with E-state index in [0.717, 1.165) is 48.5 Å². The fourth-order valence-electron chi connectivity index (χ4n) is 5.53. The molecule has 1 fully saturated rings. The van der Waals surface area contributed by atoms with Gasteiger partial charge in [-0.3, -0.25) is 9.97 Å². The molecule has 0 spiro atoms. The Hall–Kier alpha value is -4.87. The Bertz CT molecular complexity index is 1980. The third-order valence-electron chi connectivity index (χ3n) is 7.81. The highest BCUT2D eigenvalue weighted by Crippen LogP contribution is 2.41. The van der Waals surface area contributed by atoms with Crippen molar-refractivity contribution in [2.45, 2.75) is 6.92 Å². The van der Waals surface area contributed by atoms with Crippen LogP contribution in [0.3, 0.4) is 0 Å². The van der Waals surface area contributed by atoms with Crippen LogP contribution in [-0.4, -0.2) is 94.7 Å². The van der Waals surface area contributed by atoms with Gasteiger partial charge in [-0.2, -0.15) is 15.0 Å². The first-order valence-electron chi connectivity index (χ1n) is 14.6. The summed E-state index contributed by atoms with van der Waals surface area (Å²) in [5.41, 5.74) is 4.58. The molecule has 1 aromatic carbocycles. The fraction of sp³-hybridized carbons (Fsp3) is 0.290. The van der Waals surface area contributed by atoms with Gasteiger partial charge in [-0.1, -0.05) is 6.08 Å². The summed E-state index contributed by atoms with van der Waals surface area (Å²) >= 11 is 0. The molecule has 0 amide bonds. The second kappa shape index (κ2) is 12.3. The van der Waals surface area contributed by atoms with Gasteiger partial charge in [0, 0.05) is 56.5 Å². The van der Waals surface area contributed by atoms with Gasteiger partial charge >= 0.3 is 0 Å². The summed E-state index contributed by atoms with van der Waals surface area (Å²) in [6, 6.07) is 7.51. The number of hydrogen-bond acceptors (Lipinski definition) is 12. The van der Waals surface area contributed by atoms with Crippen LogP contribution in [0.25, 0.3) is 27.6 Å². The van der Waals surface area contributed by atoms with Gasteiger partial charge in [0.05, 0.1) is 29.0 Å². The number of likely N-dealkylation sites (N-methyl/N-ethyl adjacent to an activating group) is 1. The van der Waals surface area contributed by atoms with Crippen LogP contribution in [0.15, 0.2) is 48.9 Å². The normalized spacial score (nSPS) is 14.6. The van der Waals surface area contributed by atoms with E-state index < -0.39 is 7.14 Å². The Morgan fingerprint density at radius 3 is 2.53 bits per heavy atom. The Balaban J connectivity index is 1.43. The Labute approximate surface area is 261 Å². The van der Waals surface area contributed by atoms with Crippen LogP contribution in [-0.2, 0) is 4.57 Å². The monoisotopic (exact) mass is 625 g/mol. The maximum Gasteiger partial charge on any atom is 0.239 e. The zero-order chi connectivity index (χ0) is 31.7. The van der Waals surface area contributed by atoms with Crippen molar-refractivity contribution < 1.29 is 9.30 Å². The zero-order valence-electron chi connectivity index (χ0n) is 25.9. The third kappa shape index (κ3) is 5.96. The van der Waals surface area contributed by atoms with E-state index in [1.807, 2.05) is 37.3 Å². The van der Waals surface area contributed by atoms with Crippen LogP contribution in [0.2, 0.25) is 0 Å². The molecule has 0 saturated carbocycles. The number of piperazine rings is 1. The number of benzene rings is 1. The predicted octanol–water partition coefficient (Wildman–Crippen LogP) is 4.84. The van der Waals surface area contributed by atoms with Gasteiger partial charge in [0.25, 0.3) is 0 Å². The minimum Gasteiger partial charge on any atom is -0.479 e. The van der Waals surface area contributed by atoms with E-state index in [0.29, 0.717) is 51.0 Å². The molecule has 1 saturated heterocycles. The number of aromatic nitrogens is 6. The molecule has 13 nitrogen and oxygen atoms in total. The quantitative estimate of drug-likeness (QED) is 0.131. The van der Waals surface area contributed by atoms with Crippen LogP contribution in [0.5, 0.6) is 5.88 Å². The van der Waals surface area contributed by atoms with Crippen molar-refractivity contribution in [2.24, 2.45) is 0 Å². The first-order valence-corrected chi connectivity index (χ1v) is 17.2. The summed E-state index contributed by atoms with van der Waals surface area (Å²) in [5, 5.41) is 16.2. The molecule has 5 heterocycles. The number of nitrogens with zero attached hydrogens (tertiary/aromatic N) is 7. The minimum atomic E-state index is -2.79. The molecular weight excluding hydrogens is 589 g/mol. The second-order valence-corrected chi connectivity index (χ2v) is 14.4. The summed E-state index contributed by atoms with van der Waals surface area (Å²) < 4.78 is 19.3. The maximum absolute atomic E-state index is 13.5. The lowest BCUT2D eigenvalue weighted by molar-refractivity contribution is 0.311. The number of ether oxygens (including phenoxy) is 1. The largest absolute Gasteiger partial charge is 0.479 e. The van der Waals surface area contributed by atoms with Gasteiger partial charge in [0.1, 0.15) is 35.6 Å². The fourth-order valence-corrected chi connectivity index (χ4v) is 6.92. The third-order valence-corrected chi connectivity index (χ3v) is 9.34. The molecule has 0 unspecified atom stereocenters. The molecule has 45 heavy (non-hydrogen) atoms. The van der Waals surface area contributed by atoms with E-state index in [9.17, 15) is 4.57 Å². The van der Waals surface area contributed by atoms with Crippen LogP contribution in [0, 0.1) is 5.41 Å². The van der Waals surface area contributed by atoms with Crippen LogP contribution < -0.4 is 25.6 Å². The van der Waals surface area contributed by atoms with E-state index in [1.54, 1.807) is 39.0 Å². The maximum atomic E-state index is 13.5. The Morgan fingerprint density at radius 2 is 1.82 bits per heavy atom. The first-order chi connectivity index (χ1) is 21.7. The smallest absolute Gasteiger partial charge is 0.239 e. The lowest BCUT2D eigenvalue weighted by Crippen LogP contribution is -2.45. The van der Waals surface area contributed by atoms with Crippen molar-refractivity contribution in [3.05, 3.63) is 54.5 Å². The lowest BCUT2D eigenvalue weighted by Gasteiger charge is -2.34. The predicted molar refractivity (Wildman–Crippen MR) is 182 cm³/mol. The standard InChI is InChI=1S/C31H36N11O2P/c1-6-19(18-32)21-17-24(30(44-3)40-29(21)42-15-13-41(2)14-16-42)37-31-38-27-20(9-10-35-27)28(39-31)36-23-8-7-22-25(34-12-11-33-22)26(23)45(4,5)43/h6-12,17-18,32H,13-16H2,1-5H3,(H3,35,36,37,38,39)/b19-6+,32-18?. The number of anilines is 5.